The standard InChI is InChI=1S/C19H18ClFN2O3/c1-19(15-9-8-13(21)12-16(15)20)17(24)23(18(25)22-19)10-5-11-26-14-6-3-2-4-7-14/h2-4,6-9,12H,5,10-11H2,1H3,(H,22,25). The number of hydrogen-bond donors (Lipinski definition) is 1. The van der Waals surface area contributed by atoms with Gasteiger partial charge in [-0.05, 0) is 37.6 Å². The lowest BCUT2D eigenvalue weighted by atomic mass is 9.92. The maximum atomic E-state index is 13.3. The third kappa shape index (κ3) is 3.51. The Morgan fingerprint density at radius 1 is 1.19 bits per heavy atom. The zero-order chi connectivity index (χ0) is 18.7. The van der Waals surface area contributed by atoms with Gasteiger partial charge in [-0.25, -0.2) is 9.18 Å². The van der Waals surface area contributed by atoms with Gasteiger partial charge in [-0.3, -0.25) is 9.69 Å². The van der Waals surface area contributed by atoms with Crippen LogP contribution >= 0.6 is 11.6 Å². The quantitative estimate of drug-likeness (QED) is 0.617. The molecule has 0 bridgehead atoms. The Morgan fingerprint density at radius 2 is 1.92 bits per heavy atom. The van der Waals surface area contributed by atoms with E-state index in [1.54, 1.807) is 6.92 Å². The van der Waals surface area contributed by atoms with Crippen LogP contribution < -0.4 is 10.1 Å². The molecule has 136 valence electrons. The average Bonchev–Trinajstić information content (AvgIpc) is 2.82. The SMILES string of the molecule is CC1(c2ccc(F)cc2Cl)NC(=O)N(CCCOc2ccccc2)C1=O. The molecule has 0 saturated carbocycles. The molecular formula is C19H18ClFN2O3. The summed E-state index contributed by atoms with van der Waals surface area (Å²) in [6.07, 6.45) is 0.487. The van der Waals surface area contributed by atoms with Crippen LogP contribution in [0, 0.1) is 5.82 Å². The predicted molar refractivity (Wildman–Crippen MR) is 95.6 cm³/mol. The molecule has 1 aliphatic rings. The van der Waals surface area contributed by atoms with Crippen molar-refractivity contribution in [1.29, 1.82) is 0 Å². The van der Waals surface area contributed by atoms with E-state index in [2.05, 4.69) is 5.32 Å². The topological polar surface area (TPSA) is 58.6 Å². The van der Waals surface area contributed by atoms with Crippen molar-refractivity contribution in [3.8, 4) is 5.75 Å². The molecule has 1 aliphatic heterocycles. The van der Waals surface area contributed by atoms with Gasteiger partial charge in [0.1, 0.15) is 17.1 Å². The lowest BCUT2D eigenvalue weighted by Crippen LogP contribution is -2.41. The number of benzene rings is 2. The van der Waals surface area contributed by atoms with Gasteiger partial charge in [0.05, 0.1) is 6.61 Å². The fraction of sp³-hybridized carbons (Fsp3) is 0.263. The van der Waals surface area contributed by atoms with Crippen molar-refractivity contribution in [1.82, 2.24) is 10.2 Å². The number of nitrogens with zero attached hydrogens (tertiary/aromatic N) is 1. The van der Waals surface area contributed by atoms with E-state index in [1.165, 1.54) is 12.1 Å². The van der Waals surface area contributed by atoms with E-state index < -0.39 is 23.3 Å². The Hall–Kier alpha value is -2.60. The van der Waals surface area contributed by atoms with Crippen LogP contribution in [0.3, 0.4) is 0 Å². The third-order valence-corrected chi connectivity index (χ3v) is 4.60. The summed E-state index contributed by atoms with van der Waals surface area (Å²) in [4.78, 5) is 26.2. The molecule has 1 saturated heterocycles. The summed E-state index contributed by atoms with van der Waals surface area (Å²) in [7, 11) is 0. The summed E-state index contributed by atoms with van der Waals surface area (Å²) < 4.78 is 18.8. The van der Waals surface area contributed by atoms with Crippen LogP contribution in [-0.4, -0.2) is 30.0 Å². The van der Waals surface area contributed by atoms with Gasteiger partial charge in [-0.2, -0.15) is 0 Å². The minimum absolute atomic E-state index is 0.0930. The molecule has 1 N–H and O–H groups in total. The molecule has 2 aromatic carbocycles. The molecule has 26 heavy (non-hydrogen) atoms. The molecule has 2 aromatic rings. The maximum Gasteiger partial charge on any atom is 0.325 e. The normalized spacial score (nSPS) is 19.6. The molecule has 1 heterocycles. The molecule has 3 amide bonds. The van der Waals surface area contributed by atoms with E-state index in [4.69, 9.17) is 16.3 Å². The molecule has 1 unspecified atom stereocenters. The molecule has 3 rings (SSSR count). The summed E-state index contributed by atoms with van der Waals surface area (Å²) in [5, 5.41) is 2.75. The van der Waals surface area contributed by atoms with Crippen molar-refractivity contribution < 1.29 is 18.7 Å². The Labute approximate surface area is 155 Å². The highest BCUT2D eigenvalue weighted by atomic mass is 35.5. The van der Waals surface area contributed by atoms with Crippen molar-refractivity contribution in [3.63, 3.8) is 0 Å². The van der Waals surface area contributed by atoms with Crippen LogP contribution in [0.15, 0.2) is 48.5 Å². The third-order valence-electron chi connectivity index (χ3n) is 4.28. The number of urea groups is 1. The lowest BCUT2D eigenvalue weighted by molar-refractivity contribution is -0.131. The van der Waals surface area contributed by atoms with Crippen molar-refractivity contribution in [2.24, 2.45) is 0 Å². The highest BCUT2D eigenvalue weighted by Gasteiger charge is 2.49. The van der Waals surface area contributed by atoms with E-state index in [0.29, 0.717) is 18.6 Å². The number of ether oxygens (including phenoxy) is 1. The number of carbonyl (C=O) groups excluding carboxylic acids is 2. The summed E-state index contributed by atoms with van der Waals surface area (Å²) >= 11 is 6.07. The lowest BCUT2D eigenvalue weighted by Gasteiger charge is -2.23. The number of imide groups is 1. The largest absolute Gasteiger partial charge is 0.494 e. The van der Waals surface area contributed by atoms with Crippen molar-refractivity contribution >= 4 is 23.5 Å². The van der Waals surface area contributed by atoms with Gasteiger partial charge in [0, 0.05) is 17.1 Å². The summed E-state index contributed by atoms with van der Waals surface area (Å²) in [6.45, 7) is 2.15. The van der Waals surface area contributed by atoms with E-state index in [9.17, 15) is 14.0 Å². The van der Waals surface area contributed by atoms with E-state index in [-0.39, 0.29) is 11.6 Å². The minimum atomic E-state index is -1.32. The first kappa shape index (κ1) is 18.2. The van der Waals surface area contributed by atoms with Crippen molar-refractivity contribution in [2.45, 2.75) is 18.9 Å². The maximum absolute atomic E-state index is 13.3. The molecular weight excluding hydrogens is 359 g/mol. The Kier molecular flexibility index (Phi) is 5.13. The molecule has 1 atom stereocenters. The van der Waals surface area contributed by atoms with Crippen molar-refractivity contribution in [2.75, 3.05) is 13.2 Å². The predicted octanol–water partition coefficient (Wildman–Crippen LogP) is 3.72. The van der Waals surface area contributed by atoms with Crippen LogP contribution in [0.5, 0.6) is 5.75 Å². The zero-order valence-corrected chi connectivity index (χ0v) is 14.9. The number of hydrogen-bond acceptors (Lipinski definition) is 3. The molecule has 0 aliphatic carbocycles. The van der Waals surface area contributed by atoms with Crippen LogP contribution in [0.2, 0.25) is 5.02 Å². The van der Waals surface area contributed by atoms with Crippen LogP contribution in [0.4, 0.5) is 9.18 Å². The molecule has 1 fully saturated rings. The summed E-state index contributed by atoms with van der Waals surface area (Å²) in [5.41, 5.74) is -0.954. The molecule has 0 radical (unpaired) electrons. The average molecular weight is 377 g/mol. The highest BCUT2D eigenvalue weighted by Crippen LogP contribution is 2.34. The summed E-state index contributed by atoms with van der Waals surface area (Å²) in [6, 6.07) is 12.5. The fourth-order valence-electron chi connectivity index (χ4n) is 2.91. The smallest absolute Gasteiger partial charge is 0.325 e. The molecule has 0 aromatic heterocycles. The number of nitrogens with one attached hydrogen (secondary N) is 1. The van der Waals surface area contributed by atoms with E-state index in [0.717, 1.165) is 16.7 Å². The summed E-state index contributed by atoms with van der Waals surface area (Å²) in [5.74, 6) is -0.197. The zero-order valence-electron chi connectivity index (χ0n) is 14.2. The van der Waals surface area contributed by atoms with Gasteiger partial charge in [-0.1, -0.05) is 35.9 Å². The Bertz CT molecular complexity index is 831. The first-order chi connectivity index (χ1) is 12.4. The van der Waals surface area contributed by atoms with Gasteiger partial charge in [0.2, 0.25) is 0 Å². The molecule has 5 nitrogen and oxygen atoms in total. The monoisotopic (exact) mass is 376 g/mol. The van der Waals surface area contributed by atoms with Gasteiger partial charge in [0.25, 0.3) is 5.91 Å². The molecule has 7 heteroatoms. The Balaban J connectivity index is 1.65. The second kappa shape index (κ2) is 7.33. The number of amides is 3. The Morgan fingerprint density at radius 3 is 2.62 bits per heavy atom. The minimum Gasteiger partial charge on any atom is -0.494 e. The van der Waals surface area contributed by atoms with Crippen LogP contribution in [0.25, 0.3) is 0 Å². The molecule has 0 spiro atoms. The number of halogens is 2. The van der Waals surface area contributed by atoms with Crippen molar-refractivity contribution in [3.05, 3.63) is 64.9 Å². The van der Waals surface area contributed by atoms with Gasteiger partial charge < -0.3 is 10.1 Å². The van der Waals surface area contributed by atoms with Gasteiger partial charge in [0.15, 0.2) is 0 Å². The highest BCUT2D eigenvalue weighted by molar-refractivity contribution is 6.32. The van der Waals surface area contributed by atoms with E-state index >= 15 is 0 Å². The first-order valence-corrected chi connectivity index (χ1v) is 8.57. The van der Waals surface area contributed by atoms with Crippen LogP contribution in [-0.2, 0) is 10.3 Å². The number of para-hydroxylation sites is 1. The van der Waals surface area contributed by atoms with E-state index in [1.807, 2.05) is 30.3 Å². The second-order valence-electron chi connectivity index (χ2n) is 6.15. The fourth-order valence-corrected chi connectivity index (χ4v) is 3.26. The number of carbonyl (C=O) groups is 2. The number of rotatable bonds is 6. The second-order valence-corrected chi connectivity index (χ2v) is 6.56. The van der Waals surface area contributed by atoms with Crippen LogP contribution in [0.1, 0.15) is 18.9 Å². The van der Waals surface area contributed by atoms with Gasteiger partial charge in [-0.15, -0.1) is 0 Å². The first-order valence-electron chi connectivity index (χ1n) is 8.19. The van der Waals surface area contributed by atoms with Gasteiger partial charge >= 0.3 is 6.03 Å².